The Bertz CT molecular complexity index is 1470. The molecule has 0 N–H and O–H groups in total. The van der Waals surface area contributed by atoms with Crippen molar-refractivity contribution >= 4 is 11.8 Å². The minimum atomic E-state index is -4.76. The maximum Gasteiger partial charge on any atom is 0.417 e. The van der Waals surface area contributed by atoms with Crippen LogP contribution in [0.5, 0.6) is 0 Å². The molecule has 0 aromatic carbocycles. The summed E-state index contributed by atoms with van der Waals surface area (Å²) in [5.41, 5.74) is -1.89. The summed E-state index contributed by atoms with van der Waals surface area (Å²) in [6, 6.07) is 8.33. The van der Waals surface area contributed by atoms with Gasteiger partial charge in [-0.15, -0.1) is 11.8 Å². The van der Waals surface area contributed by atoms with Crippen LogP contribution in [0.1, 0.15) is 31.0 Å². The first-order valence-electron chi connectivity index (χ1n) is 11.9. The van der Waals surface area contributed by atoms with E-state index in [1.807, 2.05) is 6.92 Å². The maximum atomic E-state index is 13.6. The third-order valence-corrected chi connectivity index (χ3v) is 7.47. The third kappa shape index (κ3) is 5.20. The van der Waals surface area contributed by atoms with Crippen molar-refractivity contribution in [3.05, 3.63) is 60.0 Å². The number of nitrogens with zero attached hydrogens (tertiary/aromatic N) is 4. The average molecular weight is 573 g/mol. The topological polar surface area (TPSA) is 43.6 Å². The van der Waals surface area contributed by atoms with E-state index in [1.54, 1.807) is 12.1 Å². The molecular weight excluding hydrogens is 552 g/mol. The van der Waals surface area contributed by atoms with Gasteiger partial charge in [-0.05, 0) is 48.9 Å². The number of aromatic nitrogens is 4. The lowest BCUT2D eigenvalue weighted by molar-refractivity contribution is -0.161. The lowest BCUT2D eigenvalue weighted by Crippen LogP contribution is -2.29. The van der Waals surface area contributed by atoms with Gasteiger partial charge in [-0.2, -0.15) is 26.3 Å². The molecule has 3 aliphatic rings. The van der Waals surface area contributed by atoms with Gasteiger partial charge in [0.1, 0.15) is 11.1 Å². The molecule has 4 heterocycles. The highest BCUT2D eigenvalue weighted by Gasteiger charge is 2.65. The van der Waals surface area contributed by atoms with E-state index in [0.717, 1.165) is 10.6 Å². The van der Waals surface area contributed by atoms with Crippen LogP contribution in [-0.4, -0.2) is 37.9 Å². The Hall–Kier alpha value is -3.22. The Morgan fingerprint density at radius 3 is 2.33 bits per heavy atom. The zero-order valence-corrected chi connectivity index (χ0v) is 21.1. The van der Waals surface area contributed by atoms with E-state index in [9.17, 15) is 35.1 Å². The van der Waals surface area contributed by atoms with Crippen molar-refractivity contribution in [3.8, 4) is 34.0 Å². The molecule has 0 atom stereocenters. The number of hydrogen-bond acceptors (Lipinski definition) is 4. The normalized spacial score (nSPS) is 15.3. The summed E-state index contributed by atoms with van der Waals surface area (Å²) in [4.78, 5) is 13.6. The molecule has 2 aromatic heterocycles. The number of thioether (sulfide) groups is 1. The van der Waals surface area contributed by atoms with Crippen LogP contribution in [0.2, 0.25) is 0 Å². The van der Waals surface area contributed by atoms with Crippen LogP contribution in [0.4, 0.5) is 35.1 Å². The summed E-state index contributed by atoms with van der Waals surface area (Å²) < 4.78 is 108. The van der Waals surface area contributed by atoms with E-state index in [-0.39, 0.29) is 35.6 Å². The molecule has 1 saturated carbocycles. The molecule has 206 valence electrons. The Labute approximate surface area is 221 Å². The fourth-order valence-electron chi connectivity index (χ4n) is 4.47. The number of fused-ring (bicyclic) bond motifs is 1. The standard InChI is InChI=1S/C26H20F8N4S/c1-2-39-20-8-14(16-4-3-5-21(37-16)24(6-7-24)26(32,33)34)11-35-23(20)18-10-19-17(36-18)9-15(25(29,30)31)12-38(19)13-22(27)28/h3-5,8-12,22H,2,6-7,13H2,1H3. The van der Waals surface area contributed by atoms with Gasteiger partial charge < -0.3 is 4.57 Å². The maximum absolute atomic E-state index is 13.6. The second-order valence-corrected chi connectivity index (χ2v) is 10.5. The van der Waals surface area contributed by atoms with Crippen molar-refractivity contribution in [1.29, 1.82) is 0 Å². The van der Waals surface area contributed by atoms with Crippen LogP contribution < -0.4 is 0 Å². The van der Waals surface area contributed by atoms with E-state index < -0.39 is 36.3 Å². The van der Waals surface area contributed by atoms with Crippen molar-refractivity contribution in [3.63, 3.8) is 0 Å². The van der Waals surface area contributed by atoms with Gasteiger partial charge in [0.2, 0.25) is 0 Å². The van der Waals surface area contributed by atoms with Crippen molar-refractivity contribution in [2.24, 2.45) is 0 Å². The Kier molecular flexibility index (Phi) is 6.84. The summed E-state index contributed by atoms with van der Waals surface area (Å²) in [5, 5.41) is 0. The molecule has 0 radical (unpaired) electrons. The van der Waals surface area contributed by atoms with Gasteiger partial charge in [0.15, 0.2) is 0 Å². The highest BCUT2D eigenvalue weighted by molar-refractivity contribution is 7.99. The molecule has 0 spiro atoms. The Balaban J connectivity index is 1.58. The molecule has 5 rings (SSSR count). The molecule has 39 heavy (non-hydrogen) atoms. The molecule has 0 amide bonds. The summed E-state index contributed by atoms with van der Waals surface area (Å²) in [5.74, 6) is 0.576. The highest BCUT2D eigenvalue weighted by Crippen LogP contribution is 2.58. The quantitative estimate of drug-likeness (QED) is 0.166. The summed E-state index contributed by atoms with van der Waals surface area (Å²) in [6.45, 7) is 0.914. The van der Waals surface area contributed by atoms with Crippen molar-refractivity contribution < 1.29 is 35.1 Å². The van der Waals surface area contributed by atoms with Gasteiger partial charge in [-0.25, -0.2) is 13.8 Å². The first kappa shape index (κ1) is 27.4. The first-order chi connectivity index (χ1) is 18.3. The molecule has 1 fully saturated rings. The number of hydrogen-bond donors (Lipinski definition) is 0. The van der Waals surface area contributed by atoms with Crippen LogP contribution in [0.3, 0.4) is 0 Å². The first-order valence-corrected chi connectivity index (χ1v) is 12.8. The van der Waals surface area contributed by atoms with Crippen LogP contribution in [0, 0.1) is 0 Å². The van der Waals surface area contributed by atoms with Gasteiger partial charge >= 0.3 is 12.4 Å². The van der Waals surface area contributed by atoms with Crippen LogP contribution in [-0.2, 0) is 18.1 Å². The molecule has 13 heteroatoms. The molecule has 2 aliphatic heterocycles. The van der Waals surface area contributed by atoms with Crippen LogP contribution in [0.25, 0.3) is 34.0 Å². The monoisotopic (exact) mass is 572 g/mol. The minimum Gasteiger partial charge on any atom is -0.340 e. The number of alkyl halides is 8. The second-order valence-electron chi connectivity index (χ2n) is 9.17. The lowest BCUT2D eigenvalue weighted by Gasteiger charge is -2.19. The second kappa shape index (κ2) is 9.76. The fraction of sp³-hybridized carbons (Fsp3) is 0.346. The highest BCUT2D eigenvalue weighted by atomic mass is 32.2. The van der Waals surface area contributed by atoms with Crippen LogP contribution >= 0.6 is 11.8 Å². The SMILES string of the molecule is CCSc1cc(-c2cccc(C3(C(F)(F)F)CC3)n2)cnc1-c1cc2n(CC(F)F)cc(C(F)(F)F)cc-2n1. The number of rotatable bonds is 7. The van der Waals surface area contributed by atoms with Crippen LogP contribution in [0.15, 0.2) is 53.7 Å². The van der Waals surface area contributed by atoms with E-state index in [4.69, 9.17) is 0 Å². The lowest BCUT2D eigenvalue weighted by atomic mass is 10.00. The van der Waals surface area contributed by atoms with E-state index >= 15 is 0 Å². The van der Waals surface area contributed by atoms with Gasteiger partial charge in [0, 0.05) is 22.9 Å². The van der Waals surface area contributed by atoms with Crippen molar-refractivity contribution in [2.45, 2.75) is 55.4 Å². The third-order valence-electron chi connectivity index (χ3n) is 6.56. The van der Waals surface area contributed by atoms with Gasteiger partial charge in [0.05, 0.1) is 40.6 Å². The van der Waals surface area contributed by atoms with Crippen molar-refractivity contribution in [1.82, 2.24) is 19.5 Å². The molecule has 0 bridgehead atoms. The fourth-order valence-corrected chi connectivity index (χ4v) is 5.29. The number of pyridine rings is 3. The largest absolute Gasteiger partial charge is 0.417 e. The molecule has 4 nitrogen and oxygen atoms in total. The zero-order valence-electron chi connectivity index (χ0n) is 20.2. The Morgan fingerprint density at radius 1 is 0.974 bits per heavy atom. The van der Waals surface area contributed by atoms with E-state index in [1.165, 1.54) is 36.2 Å². The summed E-state index contributed by atoms with van der Waals surface area (Å²) >= 11 is 1.35. The van der Waals surface area contributed by atoms with E-state index in [0.29, 0.717) is 33.8 Å². The predicted molar refractivity (Wildman–Crippen MR) is 130 cm³/mol. The summed E-state index contributed by atoms with van der Waals surface area (Å²) in [7, 11) is 0. The molecule has 1 aliphatic carbocycles. The molecule has 0 unspecified atom stereocenters. The van der Waals surface area contributed by atoms with Gasteiger partial charge in [-0.1, -0.05) is 13.0 Å². The minimum absolute atomic E-state index is 0.0289. The predicted octanol–water partition coefficient (Wildman–Crippen LogP) is 8.10. The average Bonchev–Trinajstić information content (AvgIpc) is 3.57. The van der Waals surface area contributed by atoms with Gasteiger partial charge in [-0.3, -0.25) is 9.97 Å². The Morgan fingerprint density at radius 2 is 1.72 bits per heavy atom. The summed E-state index contributed by atoms with van der Waals surface area (Å²) in [6.07, 6.45) is -10.1. The number of halogens is 8. The molecule has 2 aromatic rings. The van der Waals surface area contributed by atoms with E-state index in [2.05, 4.69) is 15.0 Å². The zero-order chi connectivity index (χ0) is 28.2. The molecular formula is C26H20F8N4S. The van der Waals surface area contributed by atoms with Gasteiger partial charge in [0.25, 0.3) is 6.43 Å². The smallest absolute Gasteiger partial charge is 0.340 e. The van der Waals surface area contributed by atoms with Crippen molar-refractivity contribution in [2.75, 3.05) is 5.75 Å². The molecule has 0 saturated heterocycles.